The molecule has 12 heavy (non-hydrogen) atoms. The normalized spacial score (nSPS) is 24.2. The fourth-order valence-electron chi connectivity index (χ4n) is 1.65. The molecular formula is C9H14N2O. The van der Waals surface area contributed by atoms with E-state index >= 15 is 0 Å². The maximum absolute atomic E-state index is 5.03. The molecule has 1 aliphatic rings. The summed E-state index contributed by atoms with van der Waals surface area (Å²) in [6.07, 6.45) is 3.77. The molecule has 0 aliphatic carbocycles. The van der Waals surface area contributed by atoms with Crippen molar-refractivity contribution in [2.75, 3.05) is 6.54 Å². The minimum Gasteiger partial charge on any atom is -0.361 e. The van der Waals surface area contributed by atoms with Crippen LogP contribution in [0.4, 0.5) is 0 Å². The minimum atomic E-state index is 0.427. The van der Waals surface area contributed by atoms with Crippen LogP contribution in [0.25, 0.3) is 0 Å². The van der Waals surface area contributed by atoms with Gasteiger partial charge in [-0.2, -0.15) is 0 Å². The predicted octanol–water partition coefficient (Wildman–Crippen LogP) is 1.80. The number of hydrogen-bond donors (Lipinski definition) is 1. The maximum Gasteiger partial charge on any atom is 0.133 e. The molecule has 1 saturated heterocycles. The molecule has 0 radical (unpaired) electrons. The van der Waals surface area contributed by atoms with E-state index in [2.05, 4.69) is 10.5 Å². The summed E-state index contributed by atoms with van der Waals surface area (Å²) in [5.41, 5.74) is 1.06. The average Bonchev–Trinajstić information content (AvgIpc) is 2.54. The third-order valence-corrected chi connectivity index (χ3v) is 2.31. The van der Waals surface area contributed by atoms with Crippen molar-refractivity contribution in [1.29, 1.82) is 0 Å². The van der Waals surface area contributed by atoms with E-state index in [1.807, 2.05) is 13.0 Å². The Morgan fingerprint density at radius 3 is 3.08 bits per heavy atom. The van der Waals surface area contributed by atoms with Gasteiger partial charge in [0.25, 0.3) is 0 Å². The lowest BCUT2D eigenvalue weighted by atomic mass is 10.0. The van der Waals surface area contributed by atoms with Gasteiger partial charge in [0.2, 0.25) is 0 Å². The third-order valence-electron chi connectivity index (χ3n) is 2.31. The molecule has 1 aromatic heterocycles. The van der Waals surface area contributed by atoms with Crippen LogP contribution in [0.15, 0.2) is 10.6 Å². The van der Waals surface area contributed by atoms with E-state index in [9.17, 15) is 0 Å². The molecule has 66 valence electrons. The van der Waals surface area contributed by atoms with E-state index in [-0.39, 0.29) is 0 Å². The first-order valence-corrected chi connectivity index (χ1v) is 4.53. The van der Waals surface area contributed by atoms with Gasteiger partial charge in [-0.05, 0) is 26.3 Å². The number of nitrogens with one attached hydrogen (secondary N) is 1. The number of hydrogen-bond acceptors (Lipinski definition) is 3. The smallest absolute Gasteiger partial charge is 0.133 e. The predicted molar refractivity (Wildman–Crippen MR) is 45.8 cm³/mol. The van der Waals surface area contributed by atoms with Crippen LogP contribution >= 0.6 is 0 Å². The molecule has 1 atom stereocenters. The quantitative estimate of drug-likeness (QED) is 0.691. The van der Waals surface area contributed by atoms with Crippen molar-refractivity contribution in [3.63, 3.8) is 0 Å². The van der Waals surface area contributed by atoms with Gasteiger partial charge in [0.15, 0.2) is 0 Å². The van der Waals surface area contributed by atoms with Gasteiger partial charge in [-0.15, -0.1) is 0 Å². The Morgan fingerprint density at radius 2 is 2.50 bits per heavy atom. The van der Waals surface area contributed by atoms with Gasteiger partial charge in [0, 0.05) is 6.07 Å². The highest BCUT2D eigenvalue weighted by molar-refractivity contribution is 5.09. The van der Waals surface area contributed by atoms with E-state index in [4.69, 9.17) is 4.52 Å². The first-order chi connectivity index (χ1) is 5.86. The Kier molecular flexibility index (Phi) is 2.13. The second-order valence-electron chi connectivity index (χ2n) is 3.36. The number of rotatable bonds is 1. The van der Waals surface area contributed by atoms with E-state index in [0.717, 1.165) is 18.0 Å². The van der Waals surface area contributed by atoms with E-state index in [1.54, 1.807) is 0 Å². The molecule has 2 heterocycles. The molecule has 3 nitrogen and oxygen atoms in total. The van der Waals surface area contributed by atoms with Gasteiger partial charge in [-0.25, -0.2) is 0 Å². The van der Waals surface area contributed by atoms with Crippen molar-refractivity contribution in [3.8, 4) is 0 Å². The molecule has 0 spiro atoms. The summed E-state index contributed by atoms with van der Waals surface area (Å²) in [4.78, 5) is 0. The molecule has 1 aromatic rings. The summed E-state index contributed by atoms with van der Waals surface area (Å²) >= 11 is 0. The van der Waals surface area contributed by atoms with Crippen LogP contribution in [0.5, 0.6) is 0 Å². The summed E-state index contributed by atoms with van der Waals surface area (Å²) in [7, 11) is 0. The molecule has 1 fully saturated rings. The minimum absolute atomic E-state index is 0.427. The van der Waals surface area contributed by atoms with Gasteiger partial charge in [0.05, 0.1) is 6.04 Å². The Labute approximate surface area is 72.1 Å². The summed E-state index contributed by atoms with van der Waals surface area (Å²) in [5.74, 6) is 0.900. The molecule has 1 aliphatic heterocycles. The highest BCUT2D eigenvalue weighted by Crippen LogP contribution is 2.21. The monoisotopic (exact) mass is 166 g/mol. The fourth-order valence-corrected chi connectivity index (χ4v) is 1.65. The lowest BCUT2D eigenvalue weighted by Gasteiger charge is -2.20. The SMILES string of the molecule is Cc1cc(C2CCCCN2)no1. The molecule has 0 aromatic carbocycles. The maximum atomic E-state index is 5.03. The van der Waals surface area contributed by atoms with Crippen LogP contribution in [-0.4, -0.2) is 11.7 Å². The highest BCUT2D eigenvalue weighted by Gasteiger charge is 2.17. The molecule has 2 rings (SSSR count). The number of aryl methyl sites for hydroxylation is 1. The van der Waals surface area contributed by atoms with E-state index in [1.165, 1.54) is 19.3 Å². The third kappa shape index (κ3) is 1.50. The van der Waals surface area contributed by atoms with Crippen LogP contribution in [-0.2, 0) is 0 Å². The largest absolute Gasteiger partial charge is 0.361 e. The Hall–Kier alpha value is -0.830. The summed E-state index contributed by atoms with van der Waals surface area (Å²) < 4.78 is 5.03. The topological polar surface area (TPSA) is 38.1 Å². The van der Waals surface area contributed by atoms with Crippen molar-refractivity contribution >= 4 is 0 Å². The van der Waals surface area contributed by atoms with Crippen LogP contribution in [0.2, 0.25) is 0 Å². The van der Waals surface area contributed by atoms with Crippen molar-refractivity contribution in [2.24, 2.45) is 0 Å². The molecule has 0 bridgehead atoms. The van der Waals surface area contributed by atoms with Gasteiger partial charge in [0.1, 0.15) is 11.5 Å². The second kappa shape index (κ2) is 3.27. The second-order valence-corrected chi connectivity index (χ2v) is 3.36. The van der Waals surface area contributed by atoms with Crippen molar-refractivity contribution in [1.82, 2.24) is 10.5 Å². The Morgan fingerprint density at radius 1 is 1.58 bits per heavy atom. The van der Waals surface area contributed by atoms with Crippen molar-refractivity contribution in [3.05, 3.63) is 17.5 Å². The lowest BCUT2D eigenvalue weighted by molar-refractivity contribution is 0.355. The standard InChI is InChI=1S/C9H14N2O/c1-7-6-9(11-12-7)8-4-2-3-5-10-8/h6,8,10H,2-5H2,1H3. The summed E-state index contributed by atoms with van der Waals surface area (Å²) in [6, 6.07) is 2.44. The molecule has 1 N–H and O–H groups in total. The van der Waals surface area contributed by atoms with Gasteiger partial charge >= 0.3 is 0 Å². The van der Waals surface area contributed by atoms with Crippen LogP contribution in [0, 0.1) is 6.92 Å². The number of aromatic nitrogens is 1. The first kappa shape index (κ1) is 7.80. The summed E-state index contributed by atoms with van der Waals surface area (Å²) in [6.45, 7) is 3.04. The van der Waals surface area contributed by atoms with Crippen LogP contribution in [0.3, 0.4) is 0 Å². The molecular weight excluding hydrogens is 152 g/mol. The first-order valence-electron chi connectivity index (χ1n) is 4.53. The zero-order valence-corrected chi connectivity index (χ0v) is 7.34. The van der Waals surface area contributed by atoms with Crippen molar-refractivity contribution < 1.29 is 4.52 Å². The molecule has 3 heteroatoms. The number of nitrogens with zero attached hydrogens (tertiary/aromatic N) is 1. The van der Waals surface area contributed by atoms with Crippen LogP contribution in [0.1, 0.15) is 36.8 Å². The number of piperidine rings is 1. The molecule has 0 amide bonds. The molecule has 1 unspecified atom stereocenters. The average molecular weight is 166 g/mol. The van der Waals surface area contributed by atoms with Gasteiger partial charge < -0.3 is 9.84 Å². The van der Waals surface area contributed by atoms with E-state index in [0.29, 0.717) is 6.04 Å². The van der Waals surface area contributed by atoms with Gasteiger partial charge in [-0.1, -0.05) is 11.6 Å². The summed E-state index contributed by atoms with van der Waals surface area (Å²) in [5, 5.41) is 7.43. The van der Waals surface area contributed by atoms with Crippen molar-refractivity contribution in [2.45, 2.75) is 32.2 Å². The zero-order valence-electron chi connectivity index (χ0n) is 7.34. The zero-order chi connectivity index (χ0) is 8.39. The molecule has 0 saturated carbocycles. The van der Waals surface area contributed by atoms with Gasteiger partial charge in [-0.3, -0.25) is 0 Å². The Bertz CT molecular complexity index is 251. The van der Waals surface area contributed by atoms with Crippen LogP contribution < -0.4 is 5.32 Å². The van der Waals surface area contributed by atoms with E-state index < -0.39 is 0 Å². The Balaban J connectivity index is 2.08. The highest BCUT2D eigenvalue weighted by atomic mass is 16.5. The fraction of sp³-hybridized carbons (Fsp3) is 0.667. The lowest BCUT2D eigenvalue weighted by Crippen LogP contribution is -2.26.